The molecule has 0 saturated carbocycles. The summed E-state index contributed by atoms with van der Waals surface area (Å²) in [5.41, 5.74) is 1.56. The standard InChI is InChI=1S/C22H25ClN2O4S/c1-14-12-24(2)9-7-15-3-4-16(11-17(14)15)25(20(26)18-5-6-19(23)30-18)22(21(27)28)8-10-29-13-22/h3-6,11,14H,7-10,12-13H2,1-2H3,(H,27,28)/t14-,22-/m1/s1. The molecule has 4 rings (SSSR count). The van der Waals surface area contributed by atoms with E-state index in [0.29, 0.717) is 21.5 Å². The molecule has 0 spiro atoms. The third-order valence-corrected chi connectivity index (χ3v) is 7.30. The lowest BCUT2D eigenvalue weighted by molar-refractivity contribution is -0.143. The Balaban J connectivity index is 1.83. The highest BCUT2D eigenvalue weighted by Crippen LogP contribution is 2.37. The van der Waals surface area contributed by atoms with Crippen LogP contribution < -0.4 is 4.90 Å². The number of likely N-dealkylation sites (N-methyl/N-ethyl adjacent to an activating group) is 1. The quantitative estimate of drug-likeness (QED) is 0.768. The lowest BCUT2D eigenvalue weighted by Crippen LogP contribution is -2.58. The molecule has 0 radical (unpaired) electrons. The third kappa shape index (κ3) is 3.75. The van der Waals surface area contributed by atoms with Gasteiger partial charge in [0.05, 0.1) is 15.8 Å². The smallest absolute Gasteiger partial charge is 0.332 e. The molecule has 2 aliphatic rings. The molecule has 6 nitrogen and oxygen atoms in total. The summed E-state index contributed by atoms with van der Waals surface area (Å²) >= 11 is 7.21. The van der Waals surface area contributed by atoms with Crippen molar-refractivity contribution in [2.75, 3.05) is 38.3 Å². The van der Waals surface area contributed by atoms with Crippen LogP contribution in [0.3, 0.4) is 0 Å². The SMILES string of the molecule is C[C@@H]1CN(C)CCc2ccc(N(C(=O)c3ccc(Cl)s3)[C@]3(C(=O)O)CCOC3)cc21. The van der Waals surface area contributed by atoms with Gasteiger partial charge in [-0.1, -0.05) is 24.6 Å². The van der Waals surface area contributed by atoms with Gasteiger partial charge in [-0.25, -0.2) is 4.79 Å². The van der Waals surface area contributed by atoms with Gasteiger partial charge in [0, 0.05) is 31.8 Å². The van der Waals surface area contributed by atoms with Crippen molar-refractivity contribution in [3.63, 3.8) is 0 Å². The van der Waals surface area contributed by atoms with E-state index in [9.17, 15) is 14.7 Å². The van der Waals surface area contributed by atoms with Gasteiger partial charge in [0.1, 0.15) is 0 Å². The number of nitrogens with zero attached hydrogens (tertiary/aromatic N) is 2. The fraction of sp³-hybridized carbons (Fsp3) is 0.455. The summed E-state index contributed by atoms with van der Waals surface area (Å²) in [4.78, 5) is 30.1. The Hall–Kier alpha value is -1.93. The van der Waals surface area contributed by atoms with Crippen LogP contribution in [0.1, 0.15) is 40.1 Å². The molecule has 1 aromatic carbocycles. The number of carboxylic acid groups (broad SMARTS) is 1. The Morgan fingerprint density at radius 3 is 2.77 bits per heavy atom. The van der Waals surface area contributed by atoms with Crippen molar-refractivity contribution in [3.8, 4) is 0 Å². The molecule has 0 bridgehead atoms. The highest BCUT2D eigenvalue weighted by molar-refractivity contribution is 7.18. The van der Waals surface area contributed by atoms with Crippen molar-refractivity contribution in [1.29, 1.82) is 0 Å². The number of carbonyl (C=O) groups excluding carboxylic acids is 1. The van der Waals surface area contributed by atoms with E-state index < -0.39 is 11.5 Å². The molecule has 1 amide bonds. The van der Waals surface area contributed by atoms with Gasteiger partial charge in [-0.2, -0.15) is 0 Å². The molecule has 30 heavy (non-hydrogen) atoms. The summed E-state index contributed by atoms with van der Waals surface area (Å²) in [6.07, 6.45) is 1.17. The predicted molar refractivity (Wildman–Crippen MR) is 118 cm³/mol. The van der Waals surface area contributed by atoms with Crippen molar-refractivity contribution in [1.82, 2.24) is 4.90 Å². The summed E-state index contributed by atoms with van der Waals surface area (Å²) in [6.45, 7) is 4.31. The van der Waals surface area contributed by atoms with E-state index in [4.69, 9.17) is 16.3 Å². The van der Waals surface area contributed by atoms with Gasteiger partial charge in [0.15, 0.2) is 5.54 Å². The minimum absolute atomic E-state index is 0.0391. The molecule has 2 aliphatic heterocycles. The summed E-state index contributed by atoms with van der Waals surface area (Å²) < 4.78 is 5.97. The molecule has 1 N–H and O–H groups in total. The van der Waals surface area contributed by atoms with Crippen LogP contribution in [0.2, 0.25) is 4.34 Å². The minimum Gasteiger partial charge on any atom is -0.479 e. The van der Waals surface area contributed by atoms with Crippen molar-refractivity contribution in [2.24, 2.45) is 0 Å². The van der Waals surface area contributed by atoms with Crippen LogP contribution >= 0.6 is 22.9 Å². The van der Waals surface area contributed by atoms with Gasteiger partial charge >= 0.3 is 5.97 Å². The number of amides is 1. The number of anilines is 1. The fourth-order valence-corrected chi connectivity index (χ4v) is 5.44. The molecule has 1 fully saturated rings. The van der Waals surface area contributed by atoms with Crippen molar-refractivity contribution >= 4 is 40.5 Å². The topological polar surface area (TPSA) is 70.1 Å². The summed E-state index contributed by atoms with van der Waals surface area (Å²) in [5.74, 6) is -1.14. The first kappa shape index (κ1) is 21.3. The second-order valence-electron chi connectivity index (χ2n) is 8.18. The largest absolute Gasteiger partial charge is 0.479 e. The normalized spacial score (nSPS) is 24.3. The number of thiophene rings is 1. The highest BCUT2D eigenvalue weighted by Gasteiger charge is 2.51. The van der Waals surface area contributed by atoms with Crippen molar-refractivity contribution in [3.05, 3.63) is 50.7 Å². The minimum atomic E-state index is -1.44. The first-order valence-electron chi connectivity index (χ1n) is 10.0. The van der Waals surface area contributed by atoms with Gasteiger partial charge < -0.3 is 14.7 Å². The molecule has 1 saturated heterocycles. The van der Waals surface area contributed by atoms with Crippen LogP contribution in [0.4, 0.5) is 5.69 Å². The second-order valence-corrected chi connectivity index (χ2v) is 9.90. The monoisotopic (exact) mass is 448 g/mol. The Morgan fingerprint density at radius 1 is 1.33 bits per heavy atom. The zero-order valence-corrected chi connectivity index (χ0v) is 18.6. The summed E-state index contributed by atoms with van der Waals surface area (Å²) in [6, 6.07) is 9.20. The lowest BCUT2D eigenvalue weighted by Gasteiger charge is -2.37. The van der Waals surface area contributed by atoms with Gasteiger partial charge in [-0.15, -0.1) is 11.3 Å². The number of carboxylic acids is 1. The zero-order chi connectivity index (χ0) is 21.5. The molecule has 1 aromatic heterocycles. The van der Waals surface area contributed by atoms with E-state index in [1.807, 2.05) is 18.2 Å². The summed E-state index contributed by atoms with van der Waals surface area (Å²) in [5, 5.41) is 10.2. The number of hydrogen-bond acceptors (Lipinski definition) is 5. The van der Waals surface area contributed by atoms with Crippen LogP contribution in [0.25, 0.3) is 0 Å². The first-order chi connectivity index (χ1) is 14.3. The molecular formula is C22H25ClN2O4S. The molecule has 0 unspecified atom stereocenters. The van der Waals surface area contributed by atoms with Crippen molar-refractivity contribution in [2.45, 2.75) is 31.2 Å². The number of aliphatic carboxylic acids is 1. The molecule has 8 heteroatoms. The fourth-order valence-electron chi connectivity index (χ4n) is 4.47. The van der Waals surface area contributed by atoms with E-state index in [-0.39, 0.29) is 24.9 Å². The maximum Gasteiger partial charge on any atom is 0.332 e. The molecular weight excluding hydrogens is 424 g/mol. The van der Waals surface area contributed by atoms with Crippen LogP contribution in [-0.4, -0.2) is 60.8 Å². The first-order valence-corrected chi connectivity index (χ1v) is 11.2. The van der Waals surface area contributed by atoms with Gasteiger partial charge in [0.25, 0.3) is 5.91 Å². The predicted octanol–water partition coefficient (Wildman–Crippen LogP) is 3.88. The van der Waals surface area contributed by atoms with Gasteiger partial charge in [-0.3, -0.25) is 9.69 Å². The zero-order valence-electron chi connectivity index (χ0n) is 17.1. The number of rotatable bonds is 4. The molecule has 160 valence electrons. The lowest BCUT2D eigenvalue weighted by atomic mass is 9.91. The molecule has 2 atom stereocenters. The van der Waals surface area contributed by atoms with E-state index in [0.717, 1.165) is 30.8 Å². The van der Waals surface area contributed by atoms with Gasteiger partial charge in [-0.05, 0) is 54.8 Å². The number of carbonyl (C=O) groups is 2. The highest BCUT2D eigenvalue weighted by atomic mass is 35.5. The average molecular weight is 449 g/mol. The molecule has 0 aliphatic carbocycles. The van der Waals surface area contributed by atoms with Crippen LogP contribution in [0.15, 0.2) is 30.3 Å². The molecule has 3 heterocycles. The van der Waals surface area contributed by atoms with Crippen LogP contribution in [0.5, 0.6) is 0 Å². The van der Waals surface area contributed by atoms with E-state index in [2.05, 4.69) is 18.9 Å². The Labute approximate surface area is 185 Å². The Morgan fingerprint density at radius 2 is 2.13 bits per heavy atom. The number of fused-ring (bicyclic) bond motifs is 1. The number of halogens is 1. The third-order valence-electron chi connectivity index (χ3n) is 6.08. The Kier molecular flexibility index (Phi) is 5.90. The van der Waals surface area contributed by atoms with E-state index in [1.54, 1.807) is 12.1 Å². The van der Waals surface area contributed by atoms with Crippen LogP contribution in [0, 0.1) is 0 Å². The second kappa shape index (κ2) is 8.30. The van der Waals surface area contributed by atoms with E-state index >= 15 is 0 Å². The molecule has 2 aromatic rings. The van der Waals surface area contributed by atoms with Gasteiger partial charge in [0.2, 0.25) is 0 Å². The number of hydrogen-bond donors (Lipinski definition) is 1. The van der Waals surface area contributed by atoms with Crippen LogP contribution in [-0.2, 0) is 16.0 Å². The number of ether oxygens (including phenoxy) is 1. The van der Waals surface area contributed by atoms with E-state index in [1.165, 1.54) is 16.0 Å². The maximum atomic E-state index is 13.6. The summed E-state index contributed by atoms with van der Waals surface area (Å²) in [7, 11) is 2.11. The maximum absolute atomic E-state index is 13.6. The average Bonchev–Trinajstić information content (AvgIpc) is 3.34. The number of benzene rings is 1. The Bertz CT molecular complexity index is 970. The van der Waals surface area contributed by atoms with Crippen molar-refractivity contribution < 1.29 is 19.4 Å².